The predicted molar refractivity (Wildman–Crippen MR) is 82.7 cm³/mol. The molecule has 1 atom stereocenters. The molecule has 116 valence electrons. The maximum atomic E-state index is 12.6. The van der Waals surface area contributed by atoms with Gasteiger partial charge in [-0.2, -0.15) is 4.31 Å². The minimum absolute atomic E-state index is 0.00699. The van der Waals surface area contributed by atoms with Gasteiger partial charge in [-0.1, -0.05) is 25.1 Å². The predicted octanol–water partition coefficient (Wildman–Crippen LogP) is 1.35. The third-order valence-electron chi connectivity index (χ3n) is 3.91. The van der Waals surface area contributed by atoms with Crippen LogP contribution in [0.1, 0.15) is 29.8 Å². The van der Waals surface area contributed by atoms with Crippen molar-refractivity contribution in [3.63, 3.8) is 0 Å². The van der Waals surface area contributed by atoms with E-state index in [0.29, 0.717) is 19.6 Å². The van der Waals surface area contributed by atoms with E-state index in [4.69, 9.17) is 0 Å². The van der Waals surface area contributed by atoms with Crippen molar-refractivity contribution in [1.29, 1.82) is 0 Å². The first kappa shape index (κ1) is 16.0. The van der Waals surface area contributed by atoms with Crippen LogP contribution in [0.3, 0.4) is 0 Å². The molecule has 1 aliphatic heterocycles. The molecule has 0 saturated carbocycles. The molecule has 1 amide bonds. The summed E-state index contributed by atoms with van der Waals surface area (Å²) in [4.78, 5) is 14.4. The summed E-state index contributed by atoms with van der Waals surface area (Å²) in [7, 11) is -3.21. The zero-order chi connectivity index (χ0) is 15.6. The second-order valence-corrected chi connectivity index (χ2v) is 7.42. The van der Waals surface area contributed by atoms with Crippen LogP contribution in [0.25, 0.3) is 0 Å². The minimum Gasteiger partial charge on any atom is -0.336 e. The van der Waals surface area contributed by atoms with E-state index in [0.717, 1.165) is 17.5 Å². The number of carbonyl (C=O) groups is 1. The maximum Gasteiger partial charge on any atom is 0.254 e. The van der Waals surface area contributed by atoms with Crippen molar-refractivity contribution in [3.05, 3.63) is 35.4 Å². The average Bonchev–Trinajstić information content (AvgIpc) is 2.45. The zero-order valence-corrected chi connectivity index (χ0v) is 13.6. The van der Waals surface area contributed by atoms with Crippen molar-refractivity contribution in [3.8, 4) is 0 Å². The summed E-state index contributed by atoms with van der Waals surface area (Å²) < 4.78 is 24.8. The van der Waals surface area contributed by atoms with Gasteiger partial charge in [0.25, 0.3) is 5.91 Å². The first-order valence-corrected chi connectivity index (χ1v) is 9.03. The van der Waals surface area contributed by atoms with Gasteiger partial charge in [-0.3, -0.25) is 4.79 Å². The number of amides is 1. The van der Waals surface area contributed by atoms with E-state index in [2.05, 4.69) is 0 Å². The fraction of sp³-hybridized carbons (Fsp3) is 0.533. The topological polar surface area (TPSA) is 57.7 Å². The van der Waals surface area contributed by atoms with Gasteiger partial charge in [-0.15, -0.1) is 0 Å². The first-order valence-electron chi connectivity index (χ1n) is 7.18. The molecule has 0 spiro atoms. The van der Waals surface area contributed by atoms with Crippen molar-refractivity contribution in [2.24, 2.45) is 0 Å². The smallest absolute Gasteiger partial charge is 0.254 e. The molecule has 21 heavy (non-hydrogen) atoms. The molecule has 1 saturated heterocycles. The lowest BCUT2D eigenvalue weighted by Crippen LogP contribution is -2.55. The molecule has 0 unspecified atom stereocenters. The van der Waals surface area contributed by atoms with Crippen LogP contribution in [-0.2, 0) is 16.4 Å². The summed E-state index contributed by atoms with van der Waals surface area (Å²) in [6.45, 7) is 5.10. The molecule has 1 aliphatic rings. The van der Waals surface area contributed by atoms with Gasteiger partial charge in [0.05, 0.1) is 6.26 Å². The first-order chi connectivity index (χ1) is 9.84. The Labute approximate surface area is 126 Å². The molecular formula is C15H22N2O3S. The van der Waals surface area contributed by atoms with Crippen LogP contribution < -0.4 is 0 Å². The molecule has 1 heterocycles. The van der Waals surface area contributed by atoms with E-state index in [-0.39, 0.29) is 11.9 Å². The van der Waals surface area contributed by atoms with Crippen LogP contribution >= 0.6 is 0 Å². The van der Waals surface area contributed by atoms with Gasteiger partial charge in [-0.05, 0) is 25.0 Å². The summed E-state index contributed by atoms with van der Waals surface area (Å²) in [5.41, 5.74) is 1.75. The standard InChI is InChI=1S/C15H22N2O3S/c1-4-13-7-5-6-8-14(13)15(18)16-9-10-17(12(2)11-16)21(3,19)20/h5-8,12H,4,9-11H2,1-3H3/t12-/m0/s1. The molecule has 0 radical (unpaired) electrons. The molecule has 0 N–H and O–H groups in total. The van der Waals surface area contributed by atoms with Crippen molar-refractivity contribution >= 4 is 15.9 Å². The van der Waals surface area contributed by atoms with E-state index in [9.17, 15) is 13.2 Å². The van der Waals surface area contributed by atoms with Crippen molar-refractivity contribution in [2.75, 3.05) is 25.9 Å². The Bertz CT molecular complexity index is 628. The van der Waals surface area contributed by atoms with Gasteiger partial charge < -0.3 is 4.90 Å². The monoisotopic (exact) mass is 310 g/mol. The molecule has 0 bridgehead atoms. The Kier molecular flexibility index (Phi) is 4.68. The number of hydrogen-bond acceptors (Lipinski definition) is 3. The number of sulfonamides is 1. The molecule has 1 aromatic rings. The Hall–Kier alpha value is -1.40. The average molecular weight is 310 g/mol. The van der Waals surface area contributed by atoms with Crippen LogP contribution in [-0.4, -0.2) is 55.5 Å². The number of nitrogens with zero attached hydrogens (tertiary/aromatic N) is 2. The quantitative estimate of drug-likeness (QED) is 0.847. The molecule has 2 rings (SSSR count). The van der Waals surface area contributed by atoms with Gasteiger partial charge in [0, 0.05) is 31.2 Å². The van der Waals surface area contributed by atoms with E-state index in [1.54, 1.807) is 4.90 Å². The Morgan fingerprint density at radius 2 is 1.95 bits per heavy atom. The van der Waals surface area contributed by atoms with Gasteiger partial charge in [0.15, 0.2) is 0 Å². The second kappa shape index (κ2) is 6.15. The van der Waals surface area contributed by atoms with E-state index in [1.165, 1.54) is 10.6 Å². The van der Waals surface area contributed by atoms with Crippen LogP contribution in [0.4, 0.5) is 0 Å². The van der Waals surface area contributed by atoms with Crippen LogP contribution in [0.15, 0.2) is 24.3 Å². The fourth-order valence-electron chi connectivity index (χ4n) is 2.83. The highest BCUT2D eigenvalue weighted by molar-refractivity contribution is 7.88. The molecule has 5 nitrogen and oxygen atoms in total. The molecular weight excluding hydrogens is 288 g/mol. The summed E-state index contributed by atoms with van der Waals surface area (Å²) in [6, 6.07) is 7.41. The molecule has 0 aliphatic carbocycles. The summed E-state index contributed by atoms with van der Waals surface area (Å²) in [5, 5.41) is 0. The van der Waals surface area contributed by atoms with Crippen LogP contribution in [0, 0.1) is 0 Å². The molecule has 1 fully saturated rings. The summed E-state index contributed by atoms with van der Waals surface area (Å²) in [6.07, 6.45) is 2.02. The lowest BCUT2D eigenvalue weighted by atomic mass is 10.0. The van der Waals surface area contributed by atoms with Crippen molar-refractivity contribution in [1.82, 2.24) is 9.21 Å². The lowest BCUT2D eigenvalue weighted by molar-refractivity contribution is 0.0642. The number of rotatable bonds is 3. The largest absolute Gasteiger partial charge is 0.336 e. The van der Waals surface area contributed by atoms with Crippen molar-refractivity contribution in [2.45, 2.75) is 26.3 Å². The highest BCUT2D eigenvalue weighted by atomic mass is 32.2. The number of hydrogen-bond donors (Lipinski definition) is 0. The van der Waals surface area contributed by atoms with Gasteiger partial charge in [0.2, 0.25) is 10.0 Å². The normalized spacial score (nSPS) is 20.5. The summed E-state index contributed by atoms with van der Waals surface area (Å²) in [5.74, 6) is -0.00699. The maximum absolute atomic E-state index is 12.6. The third-order valence-corrected chi connectivity index (χ3v) is 5.30. The number of piperazine rings is 1. The minimum atomic E-state index is -3.21. The van der Waals surface area contributed by atoms with Crippen molar-refractivity contribution < 1.29 is 13.2 Å². The highest BCUT2D eigenvalue weighted by Gasteiger charge is 2.32. The molecule has 1 aromatic carbocycles. The number of carbonyl (C=O) groups excluding carboxylic acids is 1. The Balaban J connectivity index is 2.16. The van der Waals surface area contributed by atoms with Crippen LogP contribution in [0.2, 0.25) is 0 Å². The Morgan fingerprint density at radius 3 is 2.52 bits per heavy atom. The van der Waals surface area contributed by atoms with E-state index >= 15 is 0 Å². The third kappa shape index (κ3) is 3.44. The molecule has 0 aromatic heterocycles. The summed E-state index contributed by atoms with van der Waals surface area (Å²) >= 11 is 0. The van der Waals surface area contributed by atoms with Gasteiger partial charge in [-0.25, -0.2) is 8.42 Å². The van der Waals surface area contributed by atoms with E-state index in [1.807, 2.05) is 38.1 Å². The van der Waals surface area contributed by atoms with Crippen LogP contribution in [0.5, 0.6) is 0 Å². The number of benzene rings is 1. The lowest BCUT2D eigenvalue weighted by Gasteiger charge is -2.38. The zero-order valence-electron chi connectivity index (χ0n) is 12.7. The molecule has 6 heteroatoms. The second-order valence-electron chi connectivity index (χ2n) is 5.48. The Morgan fingerprint density at radius 1 is 1.29 bits per heavy atom. The number of aryl methyl sites for hydroxylation is 1. The van der Waals surface area contributed by atoms with Gasteiger partial charge in [0.1, 0.15) is 0 Å². The SMILES string of the molecule is CCc1ccccc1C(=O)N1CCN(S(C)(=O)=O)[C@@H](C)C1. The highest BCUT2D eigenvalue weighted by Crippen LogP contribution is 2.18. The fourth-order valence-corrected chi connectivity index (χ4v) is 3.96. The van der Waals surface area contributed by atoms with E-state index < -0.39 is 10.0 Å². The van der Waals surface area contributed by atoms with Gasteiger partial charge >= 0.3 is 0 Å².